The second-order valence-corrected chi connectivity index (χ2v) is 11.7. The summed E-state index contributed by atoms with van der Waals surface area (Å²) in [5.74, 6) is 1.72. The molecule has 2 aliphatic heterocycles. The maximum Gasteiger partial charge on any atom is 0.266 e. The predicted octanol–water partition coefficient (Wildman–Crippen LogP) is 5.71. The van der Waals surface area contributed by atoms with E-state index in [1.165, 1.54) is 12.1 Å². The number of benzene rings is 2. The van der Waals surface area contributed by atoms with Crippen molar-refractivity contribution in [2.45, 2.75) is 51.7 Å². The van der Waals surface area contributed by atoms with Crippen LogP contribution in [0.5, 0.6) is 11.5 Å². The van der Waals surface area contributed by atoms with Crippen LogP contribution in [0.1, 0.15) is 54.7 Å². The Bertz CT molecular complexity index is 1420. The van der Waals surface area contributed by atoms with Gasteiger partial charge in [-0.05, 0) is 32.8 Å². The summed E-state index contributed by atoms with van der Waals surface area (Å²) in [5.41, 5.74) is 1.05. The largest absolute Gasteiger partial charge is 0.489 e. The zero-order chi connectivity index (χ0) is 25.6. The first-order chi connectivity index (χ1) is 17.1. The molecule has 3 heterocycles. The highest BCUT2D eigenvalue weighted by Crippen LogP contribution is 2.43. The van der Waals surface area contributed by atoms with Crippen LogP contribution in [0.15, 0.2) is 24.3 Å². The van der Waals surface area contributed by atoms with Crippen LogP contribution in [0.3, 0.4) is 0 Å². The Kier molecular flexibility index (Phi) is 6.44. The van der Waals surface area contributed by atoms with Crippen LogP contribution in [0.25, 0.3) is 10.9 Å². The van der Waals surface area contributed by atoms with Crippen LogP contribution >= 0.6 is 0 Å². The zero-order valence-corrected chi connectivity index (χ0v) is 20.8. The number of rotatable bonds is 6. The number of aryl methyl sites for hydroxylation is 1. The average molecular weight is 521 g/mol. The molecule has 0 bridgehead atoms. The van der Waals surface area contributed by atoms with Gasteiger partial charge in [-0.15, -0.1) is 0 Å². The van der Waals surface area contributed by atoms with Crippen molar-refractivity contribution in [2.75, 3.05) is 23.4 Å². The van der Waals surface area contributed by atoms with Gasteiger partial charge in [-0.2, -0.15) is 0 Å². The minimum absolute atomic E-state index is 0.111. The molecule has 0 spiro atoms. The minimum Gasteiger partial charge on any atom is -0.489 e. The van der Waals surface area contributed by atoms with E-state index < -0.39 is 33.6 Å². The van der Waals surface area contributed by atoms with Crippen LogP contribution in [0.4, 0.5) is 19.0 Å². The molecular formula is C25H27F3N4O3S. The van der Waals surface area contributed by atoms with Gasteiger partial charge in [0.1, 0.15) is 23.6 Å². The molecule has 36 heavy (non-hydrogen) atoms. The number of ether oxygens (including phenoxy) is 2. The maximum absolute atomic E-state index is 14.8. The van der Waals surface area contributed by atoms with E-state index in [1.54, 1.807) is 19.9 Å². The molecule has 2 aromatic carbocycles. The van der Waals surface area contributed by atoms with Crippen LogP contribution < -0.4 is 14.8 Å². The van der Waals surface area contributed by atoms with Crippen molar-refractivity contribution >= 4 is 26.4 Å². The third kappa shape index (κ3) is 4.68. The first kappa shape index (κ1) is 24.6. The van der Waals surface area contributed by atoms with Crippen molar-refractivity contribution < 1.29 is 26.9 Å². The summed E-state index contributed by atoms with van der Waals surface area (Å²) in [6.45, 7) is 3.91. The van der Waals surface area contributed by atoms with E-state index in [-0.39, 0.29) is 11.7 Å². The van der Waals surface area contributed by atoms with Crippen LogP contribution in [0, 0.1) is 17.5 Å². The van der Waals surface area contributed by atoms with E-state index in [0.29, 0.717) is 71.4 Å². The van der Waals surface area contributed by atoms with E-state index in [4.69, 9.17) is 14.3 Å². The predicted molar refractivity (Wildman–Crippen MR) is 131 cm³/mol. The van der Waals surface area contributed by atoms with Crippen LogP contribution in [-0.2, 0) is 16.1 Å². The van der Waals surface area contributed by atoms with Gasteiger partial charge < -0.3 is 14.8 Å². The highest BCUT2D eigenvalue weighted by molar-refractivity contribution is 7.92. The Hall–Kier alpha value is -3.08. The number of halogens is 3. The highest BCUT2D eigenvalue weighted by Gasteiger charge is 2.29. The highest BCUT2D eigenvalue weighted by atomic mass is 32.2. The standard InChI is InChI=1S/C25H27F3N4O3S/c1-13(16-4-3-5-17(21(16)26)24(27)28)30-25-19-12-20(35-15-7-10-36(29,33)11-8-15)23-18(6-9-34-23)22(19)31-14(2)32-25/h3-5,12-13,15,24,29H,6-11H2,1-2H3,(H,30,31,32). The lowest BCUT2D eigenvalue weighted by atomic mass is 10.0. The minimum atomic E-state index is -2.91. The fourth-order valence-corrected chi connectivity index (χ4v) is 6.28. The summed E-state index contributed by atoms with van der Waals surface area (Å²) in [4.78, 5) is 9.16. The number of fused-ring (bicyclic) bond motifs is 3. The monoisotopic (exact) mass is 520 g/mol. The van der Waals surface area contributed by atoms with E-state index in [9.17, 15) is 17.4 Å². The van der Waals surface area contributed by atoms with Crippen LogP contribution in [-0.4, -0.2) is 38.4 Å². The first-order valence-electron chi connectivity index (χ1n) is 11.8. The number of hydrogen-bond donors (Lipinski definition) is 2. The van der Waals surface area contributed by atoms with Crippen molar-refractivity contribution in [3.63, 3.8) is 0 Å². The van der Waals surface area contributed by atoms with Gasteiger partial charge in [0.25, 0.3) is 6.43 Å². The molecule has 1 atom stereocenters. The third-order valence-corrected chi connectivity index (χ3v) is 8.45. The molecule has 2 aliphatic rings. The van der Waals surface area contributed by atoms with E-state index in [2.05, 4.69) is 15.3 Å². The van der Waals surface area contributed by atoms with Gasteiger partial charge in [0.2, 0.25) is 0 Å². The van der Waals surface area contributed by atoms with Crippen LogP contribution in [0.2, 0.25) is 0 Å². The van der Waals surface area contributed by atoms with Gasteiger partial charge in [-0.25, -0.2) is 27.3 Å². The van der Waals surface area contributed by atoms with Gasteiger partial charge in [0, 0.05) is 44.2 Å². The Balaban J connectivity index is 1.53. The van der Waals surface area contributed by atoms with Gasteiger partial charge in [-0.1, -0.05) is 18.2 Å². The summed E-state index contributed by atoms with van der Waals surface area (Å²) in [6.07, 6.45) is -1.44. The average Bonchev–Trinajstić information content (AvgIpc) is 3.31. The van der Waals surface area contributed by atoms with Crippen molar-refractivity contribution in [3.8, 4) is 11.5 Å². The summed E-state index contributed by atoms with van der Waals surface area (Å²) >= 11 is 0. The number of alkyl halides is 2. The topological polar surface area (TPSA) is 97.2 Å². The Morgan fingerprint density at radius 2 is 1.94 bits per heavy atom. The van der Waals surface area contributed by atoms with Gasteiger partial charge in [0.15, 0.2) is 11.5 Å². The lowest BCUT2D eigenvalue weighted by Crippen LogP contribution is -2.30. The maximum atomic E-state index is 14.8. The molecule has 0 saturated carbocycles. The Labute approximate surface area is 207 Å². The fourth-order valence-electron chi connectivity index (χ4n) is 4.79. The second kappa shape index (κ2) is 9.42. The molecule has 1 aromatic heterocycles. The second-order valence-electron chi connectivity index (χ2n) is 9.25. The SMILES string of the molecule is Cc1nc(NC(C)c2cccc(C(F)F)c2F)c2cc(OC3CCS(=N)(=O)CC3)c3c(c2n1)CCO3. The summed E-state index contributed by atoms with van der Waals surface area (Å²) < 4.78 is 73.3. The van der Waals surface area contributed by atoms with Gasteiger partial charge in [0.05, 0.1) is 23.7 Å². The summed E-state index contributed by atoms with van der Waals surface area (Å²) in [5, 5.41) is 3.84. The van der Waals surface area contributed by atoms with E-state index in [0.717, 1.165) is 11.6 Å². The van der Waals surface area contributed by atoms with Crippen molar-refractivity contribution in [2.24, 2.45) is 0 Å². The lowest BCUT2D eigenvalue weighted by Gasteiger charge is -2.26. The zero-order valence-electron chi connectivity index (χ0n) is 19.9. The summed E-state index contributed by atoms with van der Waals surface area (Å²) in [6, 6.07) is 5.10. The smallest absolute Gasteiger partial charge is 0.266 e. The van der Waals surface area contributed by atoms with E-state index in [1.807, 2.05) is 0 Å². The van der Waals surface area contributed by atoms with Gasteiger partial charge in [-0.3, -0.25) is 4.78 Å². The number of aromatic nitrogens is 2. The lowest BCUT2D eigenvalue weighted by molar-refractivity contribution is 0.146. The molecule has 1 fully saturated rings. The third-order valence-electron chi connectivity index (χ3n) is 6.66. The van der Waals surface area contributed by atoms with Crippen molar-refractivity contribution in [3.05, 3.63) is 52.6 Å². The summed E-state index contributed by atoms with van der Waals surface area (Å²) in [7, 11) is -2.54. The molecule has 0 aliphatic carbocycles. The Morgan fingerprint density at radius 3 is 2.67 bits per heavy atom. The normalized spacial score (nSPS) is 22.3. The van der Waals surface area contributed by atoms with E-state index >= 15 is 0 Å². The molecular weight excluding hydrogens is 493 g/mol. The number of anilines is 1. The number of nitrogens with one attached hydrogen (secondary N) is 2. The molecule has 192 valence electrons. The molecule has 1 saturated heterocycles. The molecule has 1 unspecified atom stereocenters. The van der Waals surface area contributed by atoms with Crippen molar-refractivity contribution in [1.82, 2.24) is 9.97 Å². The number of hydrogen-bond acceptors (Lipinski definition) is 7. The molecule has 0 radical (unpaired) electrons. The fraction of sp³-hybridized carbons (Fsp3) is 0.440. The quantitative estimate of drug-likeness (QED) is 0.432. The molecule has 7 nitrogen and oxygen atoms in total. The van der Waals surface area contributed by atoms with Gasteiger partial charge >= 0.3 is 0 Å². The van der Waals surface area contributed by atoms with Crippen molar-refractivity contribution in [1.29, 1.82) is 4.78 Å². The molecule has 3 aromatic rings. The molecule has 2 N–H and O–H groups in total. The number of nitrogens with zero attached hydrogens (tertiary/aromatic N) is 2. The molecule has 11 heteroatoms. The Morgan fingerprint density at radius 1 is 1.22 bits per heavy atom. The molecule has 5 rings (SSSR count). The first-order valence-corrected chi connectivity index (χ1v) is 13.7. The molecule has 0 amide bonds.